The molecule has 0 aliphatic carbocycles. The van der Waals surface area contributed by atoms with Gasteiger partial charge in [0.1, 0.15) is 0 Å². The van der Waals surface area contributed by atoms with Crippen LogP contribution in [0.1, 0.15) is 48.4 Å². The maximum Gasteiger partial charge on any atom is 0.178 e. The summed E-state index contributed by atoms with van der Waals surface area (Å²) in [5, 5.41) is 0. The standard InChI is InChI=1S/C20H22O2S/c1-19(2,17(21)15-11-7-5-8-12-15)23-20(3,4)18(22)16-13-9-6-10-14-16/h5-14H,1-4H3. The van der Waals surface area contributed by atoms with Gasteiger partial charge in [0.05, 0.1) is 9.49 Å². The molecular weight excluding hydrogens is 304 g/mol. The van der Waals surface area contributed by atoms with Crippen molar-refractivity contribution in [3.63, 3.8) is 0 Å². The number of carbonyl (C=O) groups is 2. The Balaban J connectivity index is 2.21. The SMILES string of the molecule is CC(C)(SC(C)(C)C(=O)c1ccccc1)C(=O)c1ccccc1. The lowest BCUT2D eigenvalue weighted by Gasteiger charge is -2.32. The predicted octanol–water partition coefficient (Wildman–Crippen LogP) is 5.04. The molecule has 0 spiro atoms. The molecule has 0 aromatic heterocycles. The Kier molecular flexibility index (Phi) is 5.10. The zero-order valence-corrected chi connectivity index (χ0v) is 14.8. The minimum absolute atomic E-state index is 0.0389. The molecule has 23 heavy (non-hydrogen) atoms. The summed E-state index contributed by atoms with van der Waals surface area (Å²) < 4.78 is -1.37. The van der Waals surface area contributed by atoms with E-state index in [0.29, 0.717) is 11.1 Å². The molecule has 2 nitrogen and oxygen atoms in total. The van der Waals surface area contributed by atoms with E-state index in [1.54, 1.807) is 0 Å². The Labute approximate surface area is 142 Å². The first-order valence-electron chi connectivity index (χ1n) is 7.64. The molecule has 2 aromatic carbocycles. The van der Waals surface area contributed by atoms with E-state index in [1.165, 1.54) is 11.8 Å². The van der Waals surface area contributed by atoms with Crippen LogP contribution in [0.15, 0.2) is 60.7 Å². The number of rotatable bonds is 6. The smallest absolute Gasteiger partial charge is 0.178 e. The van der Waals surface area contributed by atoms with Crippen molar-refractivity contribution in [2.75, 3.05) is 0 Å². The van der Waals surface area contributed by atoms with E-state index >= 15 is 0 Å². The van der Waals surface area contributed by atoms with E-state index in [2.05, 4.69) is 0 Å². The van der Waals surface area contributed by atoms with Gasteiger partial charge >= 0.3 is 0 Å². The van der Waals surface area contributed by atoms with Crippen LogP contribution in [-0.2, 0) is 0 Å². The molecule has 0 radical (unpaired) electrons. The van der Waals surface area contributed by atoms with Crippen LogP contribution in [0.4, 0.5) is 0 Å². The zero-order chi connectivity index (χ0) is 17.1. The van der Waals surface area contributed by atoms with Crippen molar-refractivity contribution in [2.45, 2.75) is 37.2 Å². The van der Waals surface area contributed by atoms with Gasteiger partial charge in [-0.2, -0.15) is 0 Å². The highest BCUT2D eigenvalue weighted by Gasteiger charge is 2.40. The van der Waals surface area contributed by atoms with Gasteiger partial charge in [0.2, 0.25) is 0 Å². The Bertz CT molecular complexity index is 627. The van der Waals surface area contributed by atoms with Gasteiger partial charge in [-0.25, -0.2) is 0 Å². The number of carbonyl (C=O) groups excluding carboxylic acids is 2. The van der Waals surface area contributed by atoms with Crippen LogP contribution in [0.2, 0.25) is 0 Å². The number of benzene rings is 2. The number of hydrogen-bond acceptors (Lipinski definition) is 3. The molecule has 0 saturated carbocycles. The van der Waals surface area contributed by atoms with Crippen LogP contribution in [0.25, 0.3) is 0 Å². The van der Waals surface area contributed by atoms with Gasteiger partial charge in [0, 0.05) is 11.1 Å². The van der Waals surface area contributed by atoms with E-state index in [9.17, 15) is 9.59 Å². The second-order valence-corrected chi connectivity index (χ2v) is 8.76. The van der Waals surface area contributed by atoms with E-state index in [1.807, 2.05) is 88.4 Å². The van der Waals surface area contributed by atoms with Crippen molar-refractivity contribution in [3.8, 4) is 0 Å². The largest absolute Gasteiger partial charge is 0.293 e. The molecule has 0 amide bonds. The average Bonchev–Trinajstić information content (AvgIpc) is 2.54. The van der Waals surface area contributed by atoms with Crippen molar-refractivity contribution in [3.05, 3.63) is 71.8 Å². The van der Waals surface area contributed by atoms with Crippen molar-refractivity contribution < 1.29 is 9.59 Å². The van der Waals surface area contributed by atoms with Crippen LogP contribution in [-0.4, -0.2) is 21.1 Å². The minimum atomic E-state index is -0.685. The molecular formula is C20H22O2S. The third-order valence-corrected chi connectivity index (χ3v) is 5.07. The summed E-state index contributed by atoms with van der Waals surface area (Å²) in [5.41, 5.74) is 1.35. The highest BCUT2D eigenvalue weighted by molar-refractivity contribution is 8.03. The van der Waals surface area contributed by atoms with Crippen molar-refractivity contribution in [2.24, 2.45) is 0 Å². The lowest BCUT2D eigenvalue weighted by Crippen LogP contribution is -2.38. The van der Waals surface area contributed by atoms with Gasteiger partial charge in [0.15, 0.2) is 11.6 Å². The highest BCUT2D eigenvalue weighted by atomic mass is 32.2. The fourth-order valence-electron chi connectivity index (χ4n) is 2.60. The topological polar surface area (TPSA) is 34.1 Å². The van der Waals surface area contributed by atoms with E-state index in [4.69, 9.17) is 0 Å². The monoisotopic (exact) mass is 326 g/mol. The van der Waals surface area contributed by atoms with Gasteiger partial charge in [0.25, 0.3) is 0 Å². The quantitative estimate of drug-likeness (QED) is 0.697. The van der Waals surface area contributed by atoms with Gasteiger partial charge in [-0.3, -0.25) is 9.59 Å². The maximum absolute atomic E-state index is 12.8. The van der Waals surface area contributed by atoms with Gasteiger partial charge in [-0.15, -0.1) is 11.8 Å². The zero-order valence-electron chi connectivity index (χ0n) is 14.0. The number of hydrogen-bond donors (Lipinski definition) is 0. The van der Waals surface area contributed by atoms with Crippen LogP contribution in [0.3, 0.4) is 0 Å². The first-order valence-corrected chi connectivity index (χ1v) is 8.45. The summed E-state index contributed by atoms with van der Waals surface area (Å²) in [6.45, 7) is 7.53. The number of thioether (sulfide) groups is 1. The fourth-order valence-corrected chi connectivity index (χ4v) is 4.30. The Morgan fingerprint density at radius 3 is 1.26 bits per heavy atom. The first-order chi connectivity index (χ1) is 10.7. The van der Waals surface area contributed by atoms with Crippen molar-refractivity contribution in [1.29, 1.82) is 0 Å². The average molecular weight is 326 g/mol. The van der Waals surface area contributed by atoms with E-state index in [-0.39, 0.29) is 11.6 Å². The lowest BCUT2D eigenvalue weighted by molar-refractivity contribution is 0.0950. The molecule has 2 rings (SSSR count). The van der Waals surface area contributed by atoms with Crippen LogP contribution in [0, 0.1) is 0 Å². The van der Waals surface area contributed by atoms with Crippen molar-refractivity contribution >= 4 is 23.3 Å². The molecule has 0 saturated heterocycles. The number of ketones is 2. The minimum Gasteiger partial charge on any atom is -0.293 e. The molecule has 120 valence electrons. The third-order valence-electron chi connectivity index (χ3n) is 3.68. The van der Waals surface area contributed by atoms with Gasteiger partial charge in [-0.05, 0) is 27.7 Å². The predicted molar refractivity (Wildman–Crippen MR) is 97.3 cm³/mol. The van der Waals surface area contributed by atoms with Crippen LogP contribution >= 0.6 is 11.8 Å². The molecule has 0 aliphatic rings. The Morgan fingerprint density at radius 1 is 0.652 bits per heavy atom. The van der Waals surface area contributed by atoms with Crippen molar-refractivity contribution in [1.82, 2.24) is 0 Å². The Morgan fingerprint density at radius 2 is 0.957 bits per heavy atom. The summed E-state index contributed by atoms with van der Waals surface area (Å²) in [6, 6.07) is 18.5. The molecule has 0 aliphatic heterocycles. The second kappa shape index (κ2) is 6.71. The summed E-state index contributed by atoms with van der Waals surface area (Å²) in [6.07, 6.45) is 0. The fraction of sp³-hybridized carbons (Fsp3) is 0.300. The molecule has 0 N–H and O–H groups in total. The van der Waals surface area contributed by atoms with E-state index in [0.717, 1.165) is 0 Å². The molecule has 0 bridgehead atoms. The summed E-state index contributed by atoms with van der Waals surface area (Å²) >= 11 is 1.41. The van der Waals surface area contributed by atoms with Crippen LogP contribution < -0.4 is 0 Å². The molecule has 0 heterocycles. The van der Waals surface area contributed by atoms with Crippen LogP contribution in [0.5, 0.6) is 0 Å². The van der Waals surface area contributed by atoms with Gasteiger partial charge in [-0.1, -0.05) is 60.7 Å². The first kappa shape index (κ1) is 17.5. The highest BCUT2D eigenvalue weighted by Crippen LogP contribution is 2.40. The summed E-state index contributed by atoms with van der Waals surface area (Å²) in [4.78, 5) is 25.5. The number of Topliss-reactive ketones (excluding diaryl/α,β-unsaturated/α-hetero) is 2. The third kappa shape index (κ3) is 4.11. The van der Waals surface area contributed by atoms with Gasteiger partial charge < -0.3 is 0 Å². The molecule has 3 heteroatoms. The Hall–Kier alpha value is -1.87. The molecule has 2 aromatic rings. The summed E-state index contributed by atoms with van der Waals surface area (Å²) in [5.74, 6) is 0.0778. The molecule has 0 fully saturated rings. The van der Waals surface area contributed by atoms with E-state index < -0.39 is 9.49 Å². The normalized spacial score (nSPS) is 12.0. The summed E-state index contributed by atoms with van der Waals surface area (Å²) in [7, 11) is 0. The molecule has 0 unspecified atom stereocenters. The second-order valence-electron chi connectivity index (χ2n) is 6.51. The molecule has 0 atom stereocenters. The lowest BCUT2D eigenvalue weighted by atomic mass is 9.99. The maximum atomic E-state index is 12.8.